The number of carbonyl (C=O) groups is 1. The first-order valence-electron chi connectivity index (χ1n) is 5.31. The predicted molar refractivity (Wildman–Crippen MR) is 65.2 cm³/mol. The smallest absolute Gasteiger partial charge is 0.259 e. The first kappa shape index (κ1) is 11.8. The van der Waals surface area contributed by atoms with E-state index in [1.807, 2.05) is 0 Å². The maximum absolute atomic E-state index is 11.8. The number of Topliss-reactive ketones (excluding diaryl/α,β-unsaturated/α-hetero) is 1. The molecule has 1 saturated carbocycles. The molecule has 1 aliphatic carbocycles. The van der Waals surface area contributed by atoms with Crippen molar-refractivity contribution in [2.75, 3.05) is 0 Å². The largest absolute Gasteiger partial charge is 0.623 e. The van der Waals surface area contributed by atoms with Gasteiger partial charge in [0.25, 0.3) is 5.78 Å². The van der Waals surface area contributed by atoms with Crippen molar-refractivity contribution in [2.45, 2.75) is 25.3 Å². The van der Waals surface area contributed by atoms with Crippen LogP contribution in [0.5, 0.6) is 0 Å². The molecule has 1 aromatic rings. The Labute approximate surface area is 102 Å². The maximum atomic E-state index is 11.8. The van der Waals surface area contributed by atoms with Gasteiger partial charge in [-0.1, -0.05) is 11.2 Å². The molecule has 0 radical (unpaired) electrons. The number of nitrogens with zero attached hydrogens (tertiary/aromatic N) is 2. The fourth-order valence-electron chi connectivity index (χ4n) is 1.89. The summed E-state index contributed by atoms with van der Waals surface area (Å²) in [6.07, 6.45) is 3.08. The number of hydroxylamine groups is 1. The van der Waals surface area contributed by atoms with E-state index in [-0.39, 0.29) is 5.78 Å². The van der Waals surface area contributed by atoms with Gasteiger partial charge in [0.1, 0.15) is 5.71 Å². The molecule has 1 aliphatic rings. The number of ketones is 1. The van der Waals surface area contributed by atoms with Crippen LogP contribution >= 0.6 is 11.3 Å². The minimum absolute atomic E-state index is 0.306. The second-order valence-electron chi connectivity index (χ2n) is 3.83. The lowest BCUT2D eigenvalue weighted by atomic mass is 10.2. The Hall–Kier alpha value is -1.69. The third-order valence-corrected chi connectivity index (χ3v) is 3.62. The van der Waals surface area contributed by atoms with E-state index in [9.17, 15) is 10.0 Å². The molecule has 1 atom stereocenters. The third-order valence-electron chi connectivity index (χ3n) is 2.74. The van der Waals surface area contributed by atoms with Gasteiger partial charge in [0, 0.05) is 6.42 Å². The van der Waals surface area contributed by atoms with Crippen LogP contribution in [0.2, 0.25) is 0 Å². The summed E-state index contributed by atoms with van der Waals surface area (Å²) in [5, 5.41) is 25.4. The van der Waals surface area contributed by atoms with E-state index in [4.69, 9.17) is 5.21 Å². The van der Waals surface area contributed by atoms with E-state index in [0.717, 1.165) is 12.6 Å². The Kier molecular flexibility index (Phi) is 3.53. The van der Waals surface area contributed by atoms with Crippen molar-refractivity contribution in [3.63, 3.8) is 0 Å². The van der Waals surface area contributed by atoms with Crippen molar-refractivity contribution in [3.05, 3.63) is 27.6 Å². The Balaban J connectivity index is 2.14. The van der Waals surface area contributed by atoms with Gasteiger partial charge in [0.15, 0.2) is 0 Å². The highest BCUT2D eigenvalue weighted by Gasteiger charge is 2.30. The molecule has 1 heterocycles. The number of thiophene rings is 1. The van der Waals surface area contributed by atoms with Gasteiger partial charge in [-0.3, -0.25) is 4.79 Å². The fourth-order valence-corrected chi connectivity index (χ4v) is 2.52. The summed E-state index contributed by atoms with van der Waals surface area (Å²) in [6, 6.07) is 2.94. The van der Waals surface area contributed by atoms with Crippen molar-refractivity contribution < 1.29 is 14.7 Å². The molecular formula is C11H12N2O3S. The maximum Gasteiger partial charge on any atom is 0.259 e. The van der Waals surface area contributed by atoms with Gasteiger partial charge in [0.2, 0.25) is 12.3 Å². The monoisotopic (exact) mass is 252 g/mol. The van der Waals surface area contributed by atoms with Crippen molar-refractivity contribution in [1.82, 2.24) is 0 Å². The average molecular weight is 252 g/mol. The van der Waals surface area contributed by atoms with Crippen LogP contribution in [0, 0.1) is 5.21 Å². The Morgan fingerprint density at radius 1 is 1.71 bits per heavy atom. The SMILES string of the molecule is O=C(/C=[N+](\[O-])C1CCC/C1=N\O)c1cccs1. The minimum atomic E-state index is -0.496. The normalized spacial score (nSPS) is 23.2. The molecule has 0 spiro atoms. The zero-order valence-electron chi connectivity index (χ0n) is 9.07. The van der Waals surface area contributed by atoms with Crippen molar-refractivity contribution in [1.29, 1.82) is 0 Å². The zero-order valence-corrected chi connectivity index (χ0v) is 9.89. The second-order valence-corrected chi connectivity index (χ2v) is 4.78. The number of hydrogen-bond acceptors (Lipinski definition) is 5. The quantitative estimate of drug-likeness (QED) is 0.223. The molecule has 90 valence electrons. The number of oxime groups is 1. The minimum Gasteiger partial charge on any atom is -0.623 e. The van der Waals surface area contributed by atoms with Gasteiger partial charge >= 0.3 is 0 Å². The van der Waals surface area contributed by atoms with Gasteiger partial charge < -0.3 is 10.4 Å². The lowest BCUT2D eigenvalue weighted by Crippen LogP contribution is -2.28. The standard InChI is InChI=1S/C11H12N2O3S/c14-10(11-5-2-6-17-11)7-13(16)9-4-1-3-8(9)12-15/h2,5-7,9,15H,1,3-4H2/b12-8+,13-7-. The summed E-state index contributed by atoms with van der Waals surface area (Å²) < 4.78 is 0.601. The van der Waals surface area contributed by atoms with Crippen LogP contribution in [0.25, 0.3) is 0 Å². The molecule has 1 N–H and O–H groups in total. The molecule has 0 saturated heterocycles. The molecule has 17 heavy (non-hydrogen) atoms. The van der Waals surface area contributed by atoms with Crippen LogP contribution in [0.15, 0.2) is 22.7 Å². The van der Waals surface area contributed by atoms with E-state index in [1.54, 1.807) is 17.5 Å². The van der Waals surface area contributed by atoms with E-state index in [0.29, 0.717) is 28.2 Å². The van der Waals surface area contributed by atoms with E-state index in [2.05, 4.69) is 5.16 Å². The third kappa shape index (κ3) is 2.52. The van der Waals surface area contributed by atoms with Crippen LogP contribution in [-0.2, 0) is 0 Å². The average Bonchev–Trinajstić information content (AvgIpc) is 2.99. The van der Waals surface area contributed by atoms with Gasteiger partial charge in [0.05, 0.1) is 4.88 Å². The van der Waals surface area contributed by atoms with Crippen molar-refractivity contribution in [3.8, 4) is 0 Å². The summed E-state index contributed by atoms with van der Waals surface area (Å²) in [5.41, 5.74) is 0.454. The lowest BCUT2D eigenvalue weighted by Gasteiger charge is -2.10. The Bertz CT molecular complexity index is 465. The summed E-state index contributed by atoms with van der Waals surface area (Å²) in [4.78, 5) is 12.2. The summed E-state index contributed by atoms with van der Waals surface area (Å²) in [6.45, 7) is 0. The van der Waals surface area contributed by atoms with E-state index >= 15 is 0 Å². The summed E-state index contributed by atoms with van der Waals surface area (Å²) in [5.74, 6) is -0.306. The molecule has 6 heteroatoms. The highest BCUT2D eigenvalue weighted by molar-refractivity contribution is 7.12. The van der Waals surface area contributed by atoms with Gasteiger partial charge in [-0.25, -0.2) is 0 Å². The molecule has 0 amide bonds. The molecule has 1 fully saturated rings. The second kappa shape index (κ2) is 5.09. The highest BCUT2D eigenvalue weighted by atomic mass is 32.1. The first-order valence-corrected chi connectivity index (χ1v) is 6.19. The highest BCUT2D eigenvalue weighted by Crippen LogP contribution is 2.18. The molecule has 2 rings (SSSR count). The van der Waals surface area contributed by atoms with Crippen LogP contribution in [0.4, 0.5) is 0 Å². The summed E-state index contributed by atoms with van der Waals surface area (Å²) in [7, 11) is 0. The van der Waals surface area contributed by atoms with Crippen molar-refractivity contribution in [2.24, 2.45) is 5.16 Å². The number of carbonyl (C=O) groups excluding carboxylic acids is 1. The Morgan fingerprint density at radius 2 is 2.53 bits per heavy atom. The van der Waals surface area contributed by atoms with Gasteiger partial charge in [-0.2, -0.15) is 4.74 Å². The molecular weight excluding hydrogens is 240 g/mol. The zero-order chi connectivity index (χ0) is 12.3. The van der Waals surface area contributed by atoms with Crippen LogP contribution in [0.1, 0.15) is 28.9 Å². The molecule has 5 nitrogen and oxygen atoms in total. The van der Waals surface area contributed by atoms with Crippen LogP contribution < -0.4 is 0 Å². The Morgan fingerprint density at radius 3 is 3.18 bits per heavy atom. The first-order chi connectivity index (χ1) is 8.22. The van der Waals surface area contributed by atoms with Gasteiger partial charge in [-0.05, 0) is 24.3 Å². The van der Waals surface area contributed by atoms with Gasteiger partial charge in [-0.15, -0.1) is 11.3 Å². The molecule has 1 aromatic heterocycles. The van der Waals surface area contributed by atoms with E-state index < -0.39 is 6.04 Å². The predicted octanol–water partition coefficient (Wildman–Crippen LogP) is 1.89. The molecule has 0 aromatic carbocycles. The lowest BCUT2D eigenvalue weighted by molar-refractivity contribution is -0.474. The summed E-state index contributed by atoms with van der Waals surface area (Å²) >= 11 is 1.30. The number of rotatable bonds is 3. The van der Waals surface area contributed by atoms with Crippen molar-refractivity contribution >= 4 is 29.0 Å². The molecule has 0 bridgehead atoms. The van der Waals surface area contributed by atoms with Crippen LogP contribution in [0.3, 0.4) is 0 Å². The van der Waals surface area contributed by atoms with E-state index in [1.165, 1.54) is 11.3 Å². The number of hydrogen-bond donors (Lipinski definition) is 1. The fraction of sp³-hybridized carbons (Fsp3) is 0.364. The molecule has 1 unspecified atom stereocenters. The van der Waals surface area contributed by atoms with Crippen LogP contribution in [-0.4, -0.2) is 33.7 Å². The topological polar surface area (TPSA) is 75.7 Å². The molecule has 0 aliphatic heterocycles.